The van der Waals surface area contributed by atoms with Crippen molar-refractivity contribution in [3.63, 3.8) is 0 Å². The molecule has 2 aliphatic rings. The van der Waals surface area contributed by atoms with E-state index >= 15 is 0 Å². The van der Waals surface area contributed by atoms with Crippen LogP contribution in [0.5, 0.6) is 0 Å². The van der Waals surface area contributed by atoms with Crippen molar-refractivity contribution in [3.05, 3.63) is 35.6 Å². The summed E-state index contributed by atoms with van der Waals surface area (Å²) in [5, 5.41) is 8.72. The summed E-state index contributed by atoms with van der Waals surface area (Å²) >= 11 is 0. The molecule has 2 fully saturated rings. The SMILES string of the molecule is O=C(O)CC(=O)OC[C@H]1CN(C(=O)OC2CCCC2)CC[C@@H]1c1ccc(F)cc1. The number of likely N-dealkylation sites (tertiary alicyclic amines) is 1. The monoisotopic (exact) mass is 407 g/mol. The fraction of sp³-hybridized carbons (Fsp3) is 0.571. The molecule has 0 bridgehead atoms. The fourth-order valence-corrected chi connectivity index (χ4v) is 4.11. The van der Waals surface area contributed by atoms with E-state index < -0.39 is 18.4 Å². The molecule has 8 heteroatoms. The number of nitrogens with zero attached hydrogens (tertiary/aromatic N) is 1. The van der Waals surface area contributed by atoms with Crippen molar-refractivity contribution in [2.45, 2.75) is 50.5 Å². The van der Waals surface area contributed by atoms with Crippen LogP contribution in [0.2, 0.25) is 0 Å². The summed E-state index contributed by atoms with van der Waals surface area (Å²) in [5.74, 6) is -2.68. The van der Waals surface area contributed by atoms with Gasteiger partial charge in [0.25, 0.3) is 0 Å². The van der Waals surface area contributed by atoms with Gasteiger partial charge in [0, 0.05) is 19.0 Å². The maximum Gasteiger partial charge on any atom is 0.410 e. The van der Waals surface area contributed by atoms with Gasteiger partial charge in [-0.05, 0) is 55.7 Å². The van der Waals surface area contributed by atoms with Crippen LogP contribution >= 0.6 is 0 Å². The normalized spacial score (nSPS) is 22.3. The lowest BCUT2D eigenvalue weighted by Gasteiger charge is -2.38. The quantitative estimate of drug-likeness (QED) is 0.574. The number of hydrogen-bond acceptors (Lipinski definition) is 5. The molecular formula is C21H26FNO6. The van der Waals surface area contributed by atoms with Crippen molar-refractivity contribution >= 4 is 18.0 Å². The van der Waals surface area contributed by atoms with Crippen LogP contribution in [-0.2, 0) is 19.1 Å². The van der Waals surface area contributed by atoms with Gasteiger partial charge in [-0.3, -0.25) is 9.59 Å². The third-order valence-corrected chi connectivity index (χ3v) is 5.61. The van der Waals surface area contributed by atoms with Crippen LogP contribution in [0.15, 0.2) is 24.3 Å². The van der Waals surface area contributed by atoms with Crippen LogP contribution in [0.25, 0.3) is 0 Å². The molecule has 1 N–H and O–H groups in total. The van der Waals surface area contributed by atoms with Gasteiger partial charge in [0.1, 0.15) is 18.3 Å². The second-order valence-corrected chi connectivity index (χ2v) is 7.70. The molecule has 1 aliphatic carbocycles. The summed E-state index contributed by atoms with van der Waals surface area (Å²) in [6, 6.07) is 6.14. The summed E-state index contributed by atoms with van der Waals surface area (Å²) in [4.78, 5) is 36.5. The van der Waals surface area contributed by atoms with Crippen molar-refractivity contribution in [1.29, 1.82) is 0 Å². The lowest BCUT2D eigenvalue weighted by molar-refractivity contribution is -0.152. The molecule has 0 spiro atoms. The van der Waals surface area contributed by atoms with E-state index in [2.05, 4.69) is 0 Å². The average molecular weight is 407 g/mol. The predicted octanol–water partition coefficient (Wildman–Crippen LogP) is 3.33. The van der Waals surface area contributed by atoms with E-state index in [9.17, 15) is 18.8 Å². The Kier molecular flexibility index (Phi) is 7.06. The number of aliphatic carboxylic acids is 1. The summed E-state index contributed by atoms with van der Waals surface area (Å²) in [5.41, 5.74) is 0.898. The second-order valence-electron chi connectivity index (χ2n) is 7.70. The minimum Gasteiger partial charge on any atom is -0.481 e. The molecule has 1 saturated heterocycles. The standard InChI is InChI=1S/C21H26FNO6/c22-16-7-5-14(6-8-16)18-9-10-23(21(27)29-17-3-1-2-4-17)12-15(18)13-28-20(26)11-19(24)25/h5-8,15,17-18H,1-4,9-13H2,(H,24,25)/t15-,18-/m1/s1. The molecule has 1 heterocycles. The zero-order valence-corrected chi connectivity index (χ0v) is 16.2. The number of carboxylic acids is 1. The number of carbonyl (C=O) groups is 3. The average Bonchev–Trinajstić information content (AvgIpc) is 3.19. The lowest BCUT2D eigenvalue weighted by Crippen LogP contribution is -2.45. The molecule has 1 aliphatic heterocycles. The number of carbonyl (C=O) groups excluding carboxylic acids is 2. The number of hydrogen-bond donors (Lipinski definition) is 1. The molecule has 0 unspecified atom stereocenters. The minimum atomic E-state index is -1.25. The highest BCUT2D eigenvalue weighted by molar-refractivity contribution is 5.90. The second kappa shape index (κ2) is 9.71. The third-order valence-electron chi connectivity index (χ3n) is 5.61. The number of esters is 1. The molecule has 1 amide bonds. The first-order valence-electron chi connectivity index (χ1n) is 10.0. The number of rotatable bonds is 6. The zero-order chi connectivity index (χ0) is 20.8. The largest absolute Gasteiger partial charge is 0.481 e. The Morgan fingerprint density at radius 3 is 2.45 bits per heavy atom. The lowest BCUT2D eigenvalue weighted by atomic mass is 9.81. The number of benzene rings is 1. The minimum absolute atomic E-state index is 0.0125. The highest BCUT2D eigenvalue weighted by atomic mass is 19.1. The van der Waals surface area contributed by atoms with Gasteiger partial charge in [0.2, 0.25) is 0 Å². The van der Waals surface area contributed by atoms with Crippen LogP contribution in [0.3, 0.4) is 0 Å². The van der Waals surface area contributed by atoms with Crippen molar-refractivity contribution in [2.75, 3.05) is 19.7 Å². The van der Waals surface area contributed by atoms with E-state index in [1.807, 2.05) is 0 Å². The topological polar surface area (TPSA) is 93.1 Å². The van der Waals surface area contributed by atoms with E-state index in [1.165, 1.54) is 12.1 Å². The number of ether oxygens (including phenoxy) is 2. The number of piperidine rings is 1. The van der Waals surface area contributed by atoms with E-state index in [1.54, 1.807) is 17.0 Å². The summed E-state index contributed by atoms with van der Waals surface area (Å²) < 4.78 is 24.0. The van der Waals surface area contributed by atoms with Gasteiger partial charge in [0.05, 0.1) is 6.61 Å². The number of halogens is 1. The summed E-state index contributed by atoms with van der Waals surface area (Å²) in [6.45, 7) is 0.808. The highest BCUT2D eigenvalue weighted by Crippen LogP contribution is 2.34. The van der Waals surface area contributed by atoms with E-state index in [0.717, 1.165) is 31.2 Å². The van der Waals surface area contributed by atoms with Crippen molar-refractivity contribution in [3.8, 4) is 0 Å². The van der Waals surface area contributed by atoms with Crippen LogP contribution in [0, 0.1) is 11.7 Å². The van der Waals surface area contributed by atoms with E-state index in [4.69, 9.17) is 14.6 Å². The number of carboxylic acid groups (broad SMARTS) is 1. The van der Waals surface area contributed by atoms with Crippen molar-refractivity contribution in [2.24, 2.45) is 5.92 Å². The fourth-order valence-electron chi connectivity index (χ4n) is 4.11. The Morgan fingerprint density at radius 1 is 1.10 bits per heavy atom. The third kappa shape index (κ3) is 5.92. The first-order valence-corrected chi connectivity index (χ1v) is 10.0. The molecule has 3 rings (SSSR count). The molecule has 0 aromatic heterocycles. The van der Waals surface area contributed by atoms with Crippen LogP contribution in [0.4, 0.5) is 9.18 Å². The van der Waals surface area contributed by atoms with Gasteiger partial charge in [-0.1, -0.05) is 12.1 Å². The van der Waals surface area contributed by atoms with Crippen LogP contribution in [-0.4, -0.2) is 53.8 Å². The first-order chi connectivity index (χ1) is 13.9. The van der Waals surface area contributed by atoms with Crippen molar-refractivity contribution < 1.29 is 33.4 Å². The Morgan fingerprint density at radius 2 is 1.79 bits per heavy atom. The summed E-state index contributed by atoms with van der Waals surface area (Å²) in [6.07, 6.45) is 3.40. The molecule has 29 heavy (non-hydrogen) atoms. The summed E-state index contributed by atoms with van der Waals surface area (Å²) in [7, 11) is 0. The van der Waals surface area contributed by atoms with Gasteiger partial charge in [-0.2, -0.15) is 0 Å². The molecule has 7 nitrogen and oxygen atoms in total. The molecular weight excluding hydrogens is 381 g/mol. The molecule has 1 aromatic carbocycles. The van der Waals surface area contributed by atoms with Crippen molar-refractivity contribution in [1.82, 2.24) is 4.90 Å². The predicted molar refractivity (Wildman–Crippen MR) is 101 cm³/mol. The van der Waals surface area contributed by atoms with Gasteiger partial charge in [-0.15, -0.1) is 0 Å². The molecule has 2 atom stereocenters. The Bertz CT molecular complexity index is 731. The number of amides is 1. The van der Waals surface area contributed by atoms with E-state index in [0.29, 0.717) is 19.5 Å². The Hall–Kier alpha value is -2.64. The highest BCUT2D eigenvalue weighted by Gasteiger charge is 2.35. The molecule has 1 aromatic rings. The smallest absolute Gasteiger partial charge is 0.410 e. The maximum absolute atomic E-state index is 13.3. The van der Waals surface area contributed by atoms with E-state index in [-0.39, 0.29) is 36.5 Å². The van der Waals surface area contributed by atoms with Crippen LogP contribution in [0.1, 0.15) is 50.0 Å². The van der Waals surface area contributed by atoms with Gasteiger partial charge >= 0.3 is 18.0 Å². The molecule has 1 saturated carbocycles. The molecule has 158 valence electrons. The Labute approximate surface area is 168 Å². The van der Waals surface area contributed by atoms with Gasteiger partial charge < -0.3 is 19.5 Å². The molecule has 0 radical (unpaired) electrons. The van der Waals surface area contributed by atoms with Gasteiger partial charge in [0.15, 0.2) is 0 Å². The first kappa shape index (κ1) is 21.1. The zero-order valence-electron chi connectivity index (χ0n) is 16.2. The van der Waals surface area contributed by atoms with Crippen LogP contribution < -0.4 is 0 Å². The maximum atomic E-state index is 13.3. The Balaban J connectivity index is 1.66. The van der Waals surface area contributed by atoms with Gasteiger partial charge in [-0.25, -0.2) is 9.18 Å².